The summed E-state index contributed by atoms with van der Waals surface area (Å²) in [6.45, 7) is 1.05. The third kappa shape index (κ3) is 3.67. The van der Waals surface area contributed by atoms with E-state index in [1.165, 1.54) is 0 Å². The Hall–Kier alpha value is -1.16. The van der Waals surface area contributed by atoms with Crippen molar-refractivity contribution >= 4 is 17.4 Å². The van der Waals surface area contributed by atoms with Crippen LogP contribution in [0.25, 0.3) is 0 Å². The van der Waals surface area contributed by atoms with Crippen molar-refractivity contribution in [1.82, 2.24) is 20.3 Å². The first-order valence-electron chi connectivity index (χ1n) is 5.46. The van der Waals surface area contributed by atoms with E-state index in [2.05, 4.69) is 15.6 Å². The van der Waals surface area contributed by atoms with Crippen molar-refractivity contribution in [3.8, 4) is 0 Å². The number of hydrogen-bond donors (Lipinski definition) is 1. The Kier molecular flexibility index (Phi) is 4.53. The SMILES string of the molecule is O=CC1NCC(Cn2cc(CCS(=O)[O-])nn2)O1. The molecule has 0 spiro atoms. The number of aryl methyl sites for hydroxylation is 1. The monoisotopic (exact) mass is 273 g/mol. The first-order valence-corrected chi connectivity index (χ1v) is 6.71. The predicted molar refractivity (Wildman–Crippen MR) is 60.2 cm³/mol. The minimum Gasteiger partial charge on any atom is -0.772 e. The largest absolute Gasteiger partial charge is 0.772 e. The number of carbonyl (C=O) groups is 1. The molecule has 0 radical (unpaired) electrons. The molecule has 3 atom stereocenters. The molecule has 1 saturated heterocycles. The molecule has 9 heteroatoms. The normalized spacial score (nSPS) is 25.2. The number of rotatable bonds is 6. The summed E-state index contributed by atoms with van der Waals surface area (Å²) in [6.07, 6.45) is 2.04. The molecule has 0 aromatic carbocycles. The van der Waals surface area contributed by atoms with Crippen LogP contribution < -0.4 is 5.32 Å². The Labute approximate surface area is 106 Å². The van der Waals surface area contributed by atoms with E-state index in [1.807, 2.05) is 0 Å². The Bertz CT molecular complexity index is 438. The van der Waals surface area contributed by atoms with Gasteiger partial charge in [-0.15, -0.1) is 5.10 Å². The van der Waals surface area contributed by atoms with Gasteiger partial charge >= 0.3 is 0 Å². The van der Waals surface area contributed by atoms with Gasteiger partial charge in [0, 0.05) is 24.9 Å². The third-order valence-corrected chi connectivity index (χ3v) is 3.05. The molecule has 1 aliphatic heterocycles. The number of nitrogens with one attached hydrogen (secondary N) is 1. The lowest BCUT2D eigenvalue weighted by Gasteiger charge is -2.08. The van der Waals surface area contributed by atoms with Gasteiger partial charge in [-0.25, -0.2) is 4.68 Å². The smallest absolute Gasteiger partial charge is 0.165 e. The molecule has 2 heterocycles. The van der Waals surface area contributed by atoms with Gasteiger partial charge in [0.25, 0.3) is 0 Å². The van der Waals surface area contributed by atoms with Crippen molar-refractivity contribution < 1.29 is 18.3 Å². The summed E-state index contributed by atoms with van der Waals surface area (Å²) in [4.78, 5) is 10.5. The quantitative estimate of drug-likeness (QED) is 0.481. The molecule has 18 heavy (non-hydrogen) atoms. The summed E-state index contributed by atoms with van der Waals surface area (Å²) in [5.74, 6) is 0.0351. The van der Waals surface area contributed by atoms with Crippen molar-refractivity contribution in [2.24, 2.45) is 0 Å². The van der Waals surface area contributed by atoms with E-state index in [0.717, 1.165) is 0 Å². The van der Waals surface area contributed by atoms with E-state index in [-0.39, 0.29) is 11.9 Å². The van der Waals surface area contributed by atoms with Crippen LogP contribution in [0.4, 0.5) is 0 Å². The van der Waals surface area contributed by atoms with E-state index in [9.17, 15) is 13.6 Å². The summed E-state index contributed by atoms with van der Waals surface area (Å²) in [5.41, 5.74) is 0.622. The molecule has 8 nitrogen and oxygen atoms in total. The standard InChI is InChI=1S/C9H14N4O4S/c14-6-9-10-3-8(17-9)5-13-4-7(11-12-13)1-2-18(15)16/h4,6,8-10H,1-3,5H2,(H,15,16)/p-1. The number of ether oxygens (including phenoxy) is 1. The van der Waals surface area contributed by atoms with Crippen LogP contribution in [0.3, 0.4) is 0 Å². The van der Waals surface area contributed by atoms with Gasteiger partial charge in [0.05, 0.1) is 18.3 Å². The molecule has 1 aromatic rings. The molecule has 1 N–H and O–H groups in total. The Balaban J connectivity index is 1.83. The van der Waals surface area contributed by atoms with Crippen LogP contribution in [0.1, 0.15) is 5.69 Å². The van der Waals surface area contributed by atoms with Crippen LogP contribution in [0.2, 0.25) is 0 Å². The van der Waals surface area contributed by atoms with E-state index < -0.39 is 17.3 Å². The first kappa shape index (κ1) is 13.3. The van der Waals surface area contributed by atoms with Gasteiger partial charge in [-0.1, -0.05) is 16.3 Å². The number of aromatic nitrogens is 3. The molecular weight excluding hydrogens is 260 g/mol. The molecule has 1 fully saturated rings. The van der Waals surface area contributed by atoms with Crippen molar-refractivity contribution in [2.75, 3.05) is 12.3 Å². The number of carbonyl (C=O) groups excluding carboxylic acids is 1. The van der Waals surface area contributed by atoms with Gasteiger partial charge in [-0.3, -0.25) is 14.3 Å². The second-order valence-corrected chi connectivity index (χ2v) is 4.93. The van der Waals surface area contributed by atoms with Crippen LogP contribution in [0.5, 0.6) is 0 Å². The van der Waals surface area contributed by atoms with Gasteiger partial charge in [0.2, 0.25) is 0 Å². The van der Waals surface area contributed by atoms with Crippen LogP contribution in [-0.4, -0.2) is 54.7 Å². The average molecular weight is 273 g/mol. The fraction of sp³-hybridized carbons (Fsp3) is 0.667. The lowest BCUT2D eigenvalue weighted by atomic mass is 10.3. The molecule has 1 aromatic heterocycles. The molecule has 100 valence electrons. The predicted octanol–water partition coefficient (Wildman–Crippen LogP) is -1.79. The number of nitrogens with zero attached hydrogens (tertiary/aromatic N) is 3. The van der Waals surface area contributed by atoms with Gasteiger partial charge in [0.1, 0.15) is 0 Å². The minimum atomic E-state index is -2.07. The highest BCUT2D eigenvalue weighted by atomic mass is 32.2. The lowest BCUT2D eigenvalue weighted by Crippen LogP contribution is -2.23. The molecule has 2 rings (SSSR count). The summed E-state index contributed by atoms with van der Waals surface area (Å²) < 4.78 is 27.8. The number of aldehydes is 1. The summed E-state index contributed by atoms with van der Waals surface area (Å²) in [5, 5.41) is 10.6. The highest BCUT2D eigenvalue weighted by Crippen LogP contribution is 2.06. The van der Waals surface area contributed by atoms with Gasteiger partial charge < -0.3 is 9.29 Å². The van der Waals surface area contributed by atoms with Crippen LogP contribution in [0.15, 0.2) is 6.20 Å². The van der Waals surface area contributed by atoms with Crippen molar-refractivity contribution in [3.05, 3.63) is 11.9 Å². The average Bonchev–Trinajstić information content (AvgIpc) is 2.96. The van der Waals surface area contributed by atoms with Crippen LogP contribution in [0, 0.1) is 0 Å². The van der Waals surface area contributed by atoms with Crippen LogP contribution in [-0.2, 0) is 33.6 Å². The van der Waals surface area contributed by atoms with Crippen molar-refractivity contribution in [3.63, 3.8) is 0 Å². The molecule has 0 bridgehead atoms. The zero-order valence-electron chi connectivity index (χ0n) is 9.52. The van der Waals surface area contributed by atoms with Crippen LogP contribution >= 0.6 is 0 Å². The fourth-order valence-corrected chi connectivity index (χ4v) is 2.05. The van der Waals surface area contributed by atoms with E-state index in [0.29, 0.717) is 31.5 Å². The zero-order valence-corrected chi connectivity index (χ0v) is 10.3. The van der Waals surface area contributed by atoms with Gasteiger partial charge in [0.15, 0.2) is 12.5 Å². The topological polar surface area (TPSA) is 109 Å². The van der Waals surface area contributed by atoms with Crippen molar-refractivity contribution in [2.45, 2.75) is 25.3 Å². The summed E-state index contributed by atoms with van der Waals surface area (Å²) in [6, 6.07) is 0. The summed E-state index contributed by atoms with van der Waals surface area (Å²) >= 11 is -2.07. The summed E-state index contributed by atoms with van der Waals surface area (Å²) in [7, 11) is 0. The highest BCUT2D eigenvalue weighted by molar-refractivity contribution is 7.79. The maximum absolute atomic E-state index is 10.5. The maximum Gasteiger partial charge on any atom is 0.165 e. The molecule has 0 aliphatic carbocycles. The molecular formula is C9H13N4O4S-. The second-order valence-electron chi connectivity index (χ2n) is 3.91. The van der Waals surface area contributed by atoms with Crippen molar-refractivity contribution in [1.29, 1.82) is 0 Å². The third-order valence-electron chi connectivity index (χ3n) is 2.51. The van der Waals surface area contributed by atoms with Gasteiger partial charge in [-0.05, 0) is 0 Å². The lowest BCUT2D eigenvalue weighted by molar-refractivity contribution is -0.118. The highest BCUT2D eigenvalue weighted by Gasteiger charge is 2.24. The van der Waals surface area contributed by atoms with E-state index in [1.54, 1.807) is 10.9 Å². The van der Waals surface area contributed by atoms with E-state index >= 15 is 0 Å². The fourth-order valence-electron chi connectivity index (χ4n) is 1.68. The minimum absolute atomic E-state index is 0.0351. The maximum atomic E-state index is 10.5. The molecule has 3 unspecified atom stereocenters. The van der Waals surface area contributed by atoms with Gasteiger partial charge in [-0.2, -0.15) is 0 Å². The molecule has 0 saturated carbocycles. The number of hydrogen-bond acceptors (Lipinski definition) is 7. The second kappa shape index (κ2) is 6.14. The first-order chi connectivity index (χ1) is 8.67. The zero-order chi connectivity index (χ0) is 13.0. The van der Waals surface area contributed by atoms with E-state index in [4.69, 9.17) is 4.74 Å². The molecule has 1 aliphatic rings. The Morgan fingerprint density at radius 1 is 1.72 bits per heavy atom. The molecule has 0 amide bonds. The Morgan fingerprint density at radius 2 is 2.56 bits per heavy atom. The Morgan fingerprint density at radius 3 is 3.22 bits per heavy atom.